The number of hydrogen-bond acceptors (Lipinski definition) is 5. The second kappa shape index (κ2) is 7.38. The predicted octanol–water partition coefficient (Wildman–Crippen LogP) is 1.70. The summed E-state index contributed by atoms with van der Waals surface area (Å²) in [6, 6.07) is 0.212. The zero-order chi connectivity index (χ0) is 13.5. The zero-order valence-electron chi connectivity index (χ0n) is 10.7. The van der Waals surface area contributed by atoms with Gasteiger partial charge in [0.1, 0.15) is 6.61 Å². The maximum absolute atomic E-state index is 10.6. The fraction of sp³-hybridized carbons (Fsp3) is 0.727. The first-order chi connectivity index (χ1) is 8.63. The van der Waals surface area contributed by atoms with Crippen molar-refractivity contribution in [2.75, 3.05) is 5.75 Å². The van der Waals surface area contributed by atoms with E-state index in [0.717, 1.165) is 31.0 Å². The largest absolute Gasteiger partial charge is 0.481 e. The molecular formula is C11H19N3O3S. The van der Waals surface area contributed by atoms with Crippen LogP contribution in [0.15, 0.2) is 5.16 Å². The van der Waals surface area contributed by atoms with Gasteiger partial charge in [0, 0.05) is 6.04 Å². The fourth-order valence-electron chi connectivity index (χ4n) is 1.86. The van der Waals surface area contributed by atoms with Gasteiger partial charge in [0.05, 0.1) is 5.75 Å². The molecule has 2 N–H and O–H groups in total. The van der Waals surface area contributed by atoms with E-state index in [9.17, 15) is 9.90 Å². The minimum Gasteiger partial charge on any atom is -0.481 e. The molecule has 18 heavy (non-hydrogen) atoms. The van der Waals surface area contributed by atoms with Gasteiger partial charge in [-0.15, -0.1) is 10.2 Å². The van der Waals surface area contributed by atoms with Crippen LogP contribution in [0.25, 0.3) is 0 Å². The van der Waals surface area contributed by atoms with Crippen molar-refractivity contribution in [2.24, 2.45) is 0 Å². The smallest absolute Gasteiger partial charge is 0.313 e. The van der Waals surface area contributed by atoms with Crippen LogP contribution in [0.4, 0.5) is 0 Å². The summed E-state index contributed by atoms with van der Waals surface area (Å²) in [5.74, 6) is -0.432. The molecule has 102 valence electrons. The fourth-order valence-corrected chi connectivity index (χ4v) is 2.60. The van der Waals surface area contributed by atoms with Crippen molar-refractivity contribution in [1.82, 2.24) is 14.8 Å². The average Bonchev–Trinajstić information content (AvgIpc) is 2.76. The van der Waals surface area contributed by atoms with Crippen LogP contribution in [-0.4, -0.2) is 36.7 Å². The van der Waals surface area contributed by atoms with E-state index in [1.54, 1.807) is 0 Å². The summed E-state index contributed by atoms with van der Waals surface area (Å²) in [6.07, 6.45) is 2.88. The number of hydrogen-bond donors (Lipinski definition) is 2. The molecule has 0 saturated heterocycles. The van der Waals surface area contributed by atoms with E-state index in [1.807, 2.05) is 4.57 Å². The monoisotopic (exact) mass is 273 g/mol. The third-order valence-corrected chi connectivity index (χ3v) is 3.59. The van der Waals surface area contributed by atoms with Crippen molar-refractivity contribution in [3.8, 4) is 0 Å². The Balaban J connectivity index is 2.96. The van der Waals surface area contributed by atoms with E-state index in [2.05, 4.69) is 24.0 Å². The van der Waals surface area contributed by atoms with Crippen LogP contribution >= 0.6 is 11.8 Å². The molecule has 0 aromatic carbocycles. The molecule has 1 heterocycles. The first kappa shape index (κ1) is 15.0. The van der Waals surface area contributed by atoms with Gasteiger partial charge in [-0.3, -0.25) is 4.79 Å². The Morgan fingerprint density at radius 1 is 1.44 bits per heavy atom. The highest BCUT2D eigenvalue weighted by Gasteiger charge is 2.19. The van der Waals surface area contributed by atoms with Crippen LogP contribution in [0.3, 0.4) is 0 Å². The SMILES string of the molecule is CCCC(CC)n1c(CO)nnc1SCC(=O)O. The van der Waals surface area contributed by atoms with Crippen molar-refractivity contribution in [3.05, 3.63) is 5.82 Å². The van der Waals surface area contributed by atoms with Crippen molar-refractivity contribution in [2.45, 2.75) is 50.9 Å². The van der Waals surface area contributed by atoms with Crippen molar-refractivity contribution in [3.63, 3.8) is 0 Å². The first-order valence-corrected chi connectivity index (χ1v) is 7.01. The Kier molecular flexibility index (Phi) is 6.14. The van der Waals surface area contributed by atoms with E-state index in [1.165, 1.54) is 0 Å². The lowest BCUT2D eigenvalue weighted by molar-refractivity contribution is -0.133. The van der Waals surface area contributed by atoms with Crippen molar-refractivity contribution < 1.29 is 15.0 Å². The van der Waals surface area contributed by atoms with E-state index in [0.29, 0.717) is 11.0 Å². The second-order valence-corrected chi connectivity index (χ2v) is 4.90. The molecule has 0 fully saturated rings. The number of nitrogens with zero attached hydrogens (tertiary/aromatic N) is 3. The maximum Gasteiger partial charge on any atom is 0.313 e. The summed E-state index contributed by atoms with van der Waals surface area (Å²) in [5.41, 5.74) is 0. The Labute approximate surface area is 110 Å². The van der Waals surface area contributed by atoms with Gasteiger partial charge in [0.15, 0.2) is 11.0 Å². The Morgan fingerprint density at radius 2 is 2.17 bits per heavy atom. The number of rotatable bonds is 8. The number of carbonyl (C=O) groups is 1. The third kappa shape index (κ3) is 3.71. The molecule has 0 bridgehead atoms. The first-order valence-electron chi connectivity index (χ1n) is 6.03. The van der Waals surface area contributed by atoms with Gasteiger partial charge in [-0.2, -0.15) is 0 Å². The van der Waals surface area contributed by atoms with Crippen molar-refractivity contribution in [1.29, 1.82) is 0 Å². The number of aromatic nitrogens is 3. The predicted molar refractivity (Wildman–Crippen MR) is 68.5 cm³/mol. The molecule has 1 aromatic heterocycles. The molecule has 0 saturated carbocycles. The average molecular weight is 273 g/mol. The van der Waals surface area contributed by atoms with Gasteiger partial charge in [0.25, 0.3) is 0 Å². The van der Waals surface area contributed by atoms with Gasteiger partial charge in [-0.05, 0) is 12.8 Å². The highest BCUT2D eigenvalue weighted by Crippen LogP contribution is 2.26. The summed E-state index contributed by atoms with van der Waals surface area (Å²) < 4.78 is 1.87. The van der Waals surface area contributed by atoms with Crippen LogP contribution in [-0.2, 0) is 11.4 Å². The summed E-state index contributed by atoms with van der Waals surface area (Å²) in [5, 5.41) is 26.4. The minimum absolute atomic E-state index is 0.0495. The Bertz CT molecular complexity index is 395. The topological polar surface area (TPSA) is 88.2 Å². The summed E-state index contributed by atoms with van der Waals surface area (Å²) in [4.78, 5) is 10.6. The van der Waals surface area contributed by atoms with Crippen LogP contribution in [0, 0.1) is 0 Å². The number of carboxylic acid groups (broad SMARTS) is 1. The number of aliphatic hydroxyl groups excluding tert-OH is 1. The molecular weight excluding hydrogens is 254 g/mol. The molecule has 0 aliphatic rings. The van der Waals surface area contributed by atoms with Gasteiger partial charge < -0.3 is 14.8 Å². The van der Waals surface area contributed by atoms with Crippen LogP contribution in [0.2, 0.25) is 0 Å². The maximum atomic E-state index is 10.6. The summed E-state index contributed by atoms with van der Waals surface area (Å²) in [7, 11) is 0. The molecule has 1 atom stereocenters. The van der Waals surface area contributed by atoms with E-state index in [-0.39, 0.29) is 18.4 Å². The lowest BCUT2D eigenvalue weighted by Crippen LogP contribution is -2.13. The van der Waals surface area contributed by atoms with Crippen LogP contribution in [0.5, 0.6) is 0 Å². The molecule has 0 spiro atoms. The zero-order valence-corrected chi connectivity index (χ0v) is 11.5. The van der Waals surface area contributed by atoms with Gasteiger partial charge in [-0.1, -0.05) is 32.0 Å². The molecule has 1 unspecified atom stereocenters. The van der Waals surface area contributed by atoms with E-state index < -0.39 is 5.97 Å². The summed E-state index contributed by atoms with van der Waals surface area (Å²) in [6.45, 7) is 3.98. The van der Waals surface area contributed by atoms with Gasteiger partial charge in [0.2, 0.25) is 0 Å². The molecule has 0 aliphatic carbocycles. The molecule has 0 aliphatic heterocycles. The molecule has 6 nitrogen and oxygen atoms in total. The second-order valence-electron chi connectivity index (χ2n) is 3.96. The third-order valence-electron chi connectivity index (χ3n) is 2.66. The number of aliphatic carboxylic acids is 1. The molecule has 1 aromatic rings. The molecule has 0 amide bonds. The highest BCUT2D eigenvalue weighted by molar-refractivity contribution is 7.99. The quantitative estimate of drug-likeness (QED) is 0.701. The standard InChI is InChI=1S/C11H19N3O3S/c1-3-5-8(4-2)14-9(6-15)12-13-11(14)18-7-10(16)17/h8,15H,3-7H2,1-2H3,(H,16,17). The summed E-state index contributed by atoms with van der Waals surface area (Å²) >= 11 is 1.14. The normalized spacial score (nSPS) is 12.6. The van der Waals surface area contributed by atoms with E-state index in [4.69, 9.17) is 5.11 Å². The van der Waals surface area contributed by atoms with Crippen molar-refractivity contribution >= 4 is 17.7 Å². The number of aliphatic hydroxyl groups is 1. The number of carboxylic acids is 1. The number of thioether (sulfide) groups is 1. The molecule has 1 rings (SSSR count). The van der Waals surface area contributed by atoms with Crippen LogP contribution < -0.4 is 0 Å². The molecule has 7 heteroatoms. The van der Waals surface area contributed by atoms with Crippen LogP contribution in [0.1, 0.15) is 45.0 Å². The lowest BCUT2D eigenvalue weighted by atomic mass is 10.1. The molecule has 0 radical (unpaired) electrons. The lowest BCUT2D eigenvalue weighted by Gasteiger charge is -2.19. The van der Waals surface area contributed by atoms with Gasteiger partial charge in [-0.25, -0.2) is 0 Å². The van der Waals surface area contributed by atoms with Gasteiger partial charge >= 0.3 is 5.97 Å². The minimum atomic E-state index is -0.886. The highest BCUT2D eigenvalue weighted by atomic mass is 32.2. The Hall–Kier alpha value is -1.08. The Morgan fingerprint density at radius 3 is 2.67 bits per heavy atom. The van der Waals surface area contributed by atoms with E-state index >= 15 is 0 Å².